The van der Waals surface area contributed by atoms with E-state index in [-0.39, 0.29) is 5.75 Å². The number of fused-ring (bicyclic) bond motifs is 1. The van der Waals surface area contributed by atoms with Crippen LogP contribution in [0.5, 0.6) is 5.75 Å². The first-order chi connectivity index (χ1) is 9.15. The molecule has 0 unspecified atom stereocenters. The first kappa shape index (κ1) is 12.2. The van der Waals surface area contributed by atoms with E-state index in [1.807, 2.05) is 6.07 Å². The smallest absolute Gasteiger partial charge is 0.142 e. The van der Waals surface area contributed by atoms with Crippen LogP contribution in [0.1, 0.15) is 0 Å². The van der Waals surface area contributed by atoms with Crippen molar-refractivity contribution < 1.29 is 5.11 Å². The Morgan fingerprint density at radius 3 is 2.74 bits per heavy atom. The SMILES string of the molecule is Oc1cc(-c2cc(Cl)ccc2Cl)cc2cncnc12. The van der Waals surface area contributed by atoms with Gasteiger partial charge < -0.3 is 5.11 Å². The van der Waals surface area contributed by atoms with Crippen molar-refractivity contribution in [3.05, 3.63) is 52.9 Å². The number of rotatable bonds is 1. The topological polar surface area (TPSA) is 46.0 Å². The molecule has 0 amide bonds. The summed E-state index contributed by atoms with van der Waals surface area (Å²) in [6, 6.07) is 8.69. The van der Waals surface area contributed by atoms with Crippen LogP contribution in [0.2, 0.25) is 10.0 Å². The van der Waals surface area contributed by atoms with Crippen LogP contribution in [0.25, 0.3) is 22.0 Å². The minimum atomic E-state index is 0.0888. The number of halogens is 2. The summed E-state index contributed by atoms with van der Waals surface area (Å²) in [4.78, 5) is 7.98. The Labute approximate surface area is 119 Å². The summed E-state index contributed by atoms with van der Waals surface area (Å²) in [5.74, 6) is 0.0888. The molecule has 2 aromatic carbocycles. The molecule has 0 spiro atoms. The average Bonchev–Trinajstić information content (AvgIpc) is 2.41. The maximum atomic E-state index is 10.0. The number of aromatic hydroxyl groups is 1. The molecule has 3 rings (SSSR count). The Balaban J connectivity index is 2.28. The molecule has 19 heavy (non-hydrogen) atoms. The number of hydrogen-bond acceptors (Lipinski definition) is 3. The molecule has 94 valence electrons. The Morgan fingerprint density at radius 2 is 1.89 bits per heavy atom. The van der Waals surface area contributed by atoms with Crippen molar-refractivity contribution in [3.8, 4) is 16.9 Å². The average molecular weight is 291 g/mol. The van der Waals surface area contributed by atoms with Crippen LogP contribution in [0.3, 0.4) is 0 Å². The van der Waals surface area contributed by atoms with Gasteiger partial charge in [-0.2, -0.15) is 0 Å². The maximum Gasteiger partial charge on any atom is 0.142 e. The summed E-state index contributed by atoms with van der Waals surface area (Å²) in [6.07, 6.45) is 3.04. The molecule has 0 bridgehead atoms. The summed E-state index contributed by atoms with van der Waals surface area (Å²) >= 11 is 12.1. The molecule has 0 saturated carbocycles. The first-order valence-electron chi connectivity index (χ1n) is 5.53. The number of hydrogen-bond donors (Lipinski definition) is 1. The molecule has 0 saturated heterocycles. The summed E-state index contributed by atoms with van der Waals surface area (Å²) in [6.45, 7) is 0. The van der Waals surface area contributed by atoms with Crippen molar-refractivity contribution in [1.29, 1.82) is 0 Å². The lowest BCUT2D eigenvalue weighted by atomic mass is 10.0. The molecule has 0 atom stereocenters. The monoisotopic (exact) mass is 290 g/mol. The van der Waals surface area contributed by atoms with E-state index < -0.39 is 0 Å². The van der Waals surface area contributed by atoms with Crippen molar-refractivity contribution >= 4 is 34.1 Å². The molecule has 0 fully saturated rings. The normalized spacial score (nSPS) is 10.8. The number of benzene rings is 2. The second-order valence-electron chi connectivity index (χ2n) is 4.08. The highest BCUT2D eigenvalue weighted by molar-refractivity contribution is 6.35. The molecule has 5 heteroatoms. The van der Waals surface area contributed by atoms with Crippen LogP contribution in [0.4, 0.5) is 0 Å². The van der Waals surface area contributed by atoms with Gasteiger partial charge in [0.1, 0.15) is 17.6 Å². The third-order valence-corrected chi connectivity index (χ3v) is 3.39. The maximum absolute atomic E-state index is 10.0. The minimum Gasteiger partial charge on any atom is -0.506 e. The third-order valence-electron chi connectivity index (χ3n) is 2.83. The largest absolute Gasteiger partial charge is 0.506 e. The highest BCUT2D eigenvalue weighted by atomic mass is 35.5. The van der Waals surface area contributed by atoms with Gasteiger partial charge >= 0.3 is 0 Å². The van der Waals surface area contributed by atoms with Crippen molar-refractivity contribution in [1.82, 2.24) is 9.97 Å². The molecule has 1 heterocycles. The number of phenols is 1. The van der Waals surface area contributed by atoms with Gasteiger partial charge in [0.15, 0.2) is 0 Å². The van der Waals surface area contributed by atoms with Gasteiger partial charge in [-0.05, 0) is 35.9 Å². The van der Waals surface area contributed by atoms with E-state index in [1.54, 1.807) is 30.5 Å². The Morgan fingerprint density at radius 1 is 1.05 bits per heavy atom. The predicted molar refractivity (Wildman–Crippen MR) is 76.7 cm³/mol. The molecule has 1 aromatic heterocycles. The van der Waals surface area contributed by atoms with Crippen molar-refractivity contribution in [2.75, 3.05) is 0 Å². The summed E-state index contributed by atoms with van der Waals surface area (Å²) in [5.41, 5.74) is 2.04. The molecule has 0 radical (unpaired) electrons. The van der Waals surface area contributed by atoms with Gasteiger partial charge in [-0.3, -0.25) is 0 Å². The van der Waals surface area contributed by atoms with Gasteiger partial charge in [0.05, 0.1) is 0 Å². The Kier molecular flexibility index (Phi) is 3.01. The highest BCUT2D eigenvalue weighted by Crippen LogP contribution is 2.35. The van der Waals surface area contributed by atoms with Crippen LogP contribution >= 0.6 is 23.2 Å². The van der Waals surface area contributed by atoms with Crippen molar-refractivity contribution in [2.24, 2.45) is 0 Å². The lowest BCUT2D eigenvalue weighted by Gasteiger charge is -2.08. The van der Waals surface area contributed by atoms with Gasteiger partial charge in [-0.15, -0.1) is 0 Å². The van der Waals surface area contributed by atoms with Gasteiger partial charge in [-0.25, -0.2) is 9.97 Å². The summed E-state index contributed by atoms with van der Waals surface area (Å²) in [7, 11) is 0. The summed E-state index contributed by atoms with van der Waals surface area (Å²) < 4.78 is 0. The van der Waals surface area contributed by atoms with Crippen molar-refractivity contribution in [2.45, 2.75) is 0 Å². The second kappa shape index (κ2) is 4.68. The van der Waals surface area contributed by atoms with E-state index in [0.29, 0.717) is 15.6 Å². The molecule has 3 aromatic rings. The highest BCUT2D eigenvalue weighted by Gasteiger charge is 2.09. The lowest BCUT2D eigenvalue weighted by Crippen LogP contribution is -1.85. The predicted octanol–water partition coefficient (Wildman–Crippen LogP) is 4.31. The molecule has 3 nitrogen and oxygen atoms in total. The zero-order valence-electron chi connectivity index (χ0n) is 9.64. The zero-order chi connectivity index (χ0) is 13.4. The van der Waals surface area contributed by atoms with Gasteiger partial charge in [0, 0.05) is 27.2 Å². The van der Waals surface area contributed by atoms with E-state index in [1.165, 1.54) is 6.33 Å². The fraction of sp³-hybridized carbons (Fsp3) is 0. The number of phenolic OH excluding ortho intramolecular Hbond substituents is 1. The van der Waals surface area contributed by atoms with E-state index in [0.717, 1.165) is 16.5 Å². The fourth-order valence-corrected chi connectivity index (χ4v) is 2.36. The van der Waals surface area contributed by atoms with Crippen LogP contribution in [0, 0.1) is 0 Å². The Bertz CT molecular complexity index is 774. The van der Waals surface area contributed by atoms with E-state index in [2.05, 4.69) is 9.97 Å². The molecule has 1 N–H and O–H groups in total. The number of aromatic nitrogens is 2. The van der Waals surface area contributed by atoms with Gasteiger partial charge in [0.25, 0.3) is 0 Å². The van der Waals surface area contributed by atoms with Gasteiger partial charge in [-0.1, -0.05) is 23.2 Å². The van der Waals surface area contributed by atoms with E-state index in [9.17, 15) is 5.11 Å². The van der Waals surface area contributed by atoms with Crippen LogP contribution in [0.15, 0.2) is 42.9 Å². The lowest BCUT2D eigenvalue weighted by molar-refractivity contribution is 0.480. The summed E-state index contributed by atoms with van der Waals surface area (Å²) in [5, 5.41) is 11.9. The Hall–Kier alpha value is -1.84. The fourth-order valence-electron chi connectivity index (χ4n) is 1.96. The molecule has 0 aliphatic rings. The van der Waals surface area contributed by atoms with Crippen LogP contribution < -0.4 is 0 Å². The standard InChI is InChI=1S/C14H8Cl2N2O/c15-10-1-2-12(16)11(5-10)8-3-9-6-17-7-18-14(9)13(19)4-8/h1-7,19H. The van der Waals surface area contributed by atoms with E-state index in [4.69, 9.17) is 23.2 Å². The van der Waals surface area contributed by atoms with Crippen LogP contribution in [-0.2, 0) is 0 Å². The third kappa shape index (κ3) is 2.23. The minimum absolute atomic E-state index is 0.0888. The van der Waals surface area contributed by atoms with Crippen LogP contribution in [-0.4, -0.2) is 15.1 Å². The molecule has 0 aliphatic heterocycles. The second-order valence-corrected chi connectivity index (χ2v) is 4.92. The molecular formula is C14H8Cl2N2O. The molecular weight excluding hydrogens is 283 g/mol. The van der Waals surface area contributed by atoms with Crippen molar-refractivity contribution in [3.63, 3.8) is 0 Å². The first-order valence-corrected chi connectivity index (χ1v) is 6.29. The quantitative estimate of drug-likeness (QED) is 0.726. The number of nitrogens with zero attached hydrogens (tertiary/aromatic N) is 2. The zero-order valence-corrected chi connectivity index (χ0v) is 11.2. The van der Waals surface area contributed by atoms with Gasteiger partial charge in [0.2, 0.25) is 0 Å². The van der Waals surface area contributed by atoms with E-state index >= 15 is 0 Å². The molecule has 0 aliphatic carbocycles.